The molecule has 0 bridgehead atoms. The third-order valence-electron chi connectivity index (χ3n) is 10.7. The predicted molar refractivity (Wildman–Crippen MR) is 199 cm³/mol. The average molecular weight is 717 g/mol. The lowest BCUT2D eigenvalue weighted by atomic mass is 9.92. The molecule has 3 aliphatic heterocycles. The average Bonchev–Trinajstić information content (AvgIpc) is 3.50. The van der Waals surface area contributed by atoms with Gasteiger partial charge in [-0.05, 0) is 86.1 Å². The van der Waals surface area contributed by atoms with Gasteiger partial charge in [0.1, 0.15) is 17.3 Å². The number of hydrogen-bond donors (Lipinski definition) is 4. The molecule has 53 heavy (non-hydrogen) atoms. The van der Waals surface area contributed by atoms with Crippen LogP contribution in [0.3, 0.4) is 0 Å². The van der Waals surface area contributed by atoms with E-state index in [1.54, 1.807) is 29.3 Å². The fourth-order valence-corrected chi connectivity index (χ4v) is 7.83. The molecule has 2 saturated heterocycles. The zero-order valence-electron chi connectivity index (χ0n) is 30.0. The highest BCUT2D eigenvalue weighted by molar-refractivity contribution is 6.06. The summed E-state index contributed by atoms with van der Waals surface area (Å²) in [4.78, 5) is 72.0. The van der Waals surface area contributed by atoms with Crippen LogP contribution >= 0.6 is 0 Å². The number of aryl methyl sites for hydroxylation is 1. The van der Waals surface area contributed by atoms with Gasteiger partial charge in [-0.2, -0.15) is 0 Å². The summed E-state index contributed by atoms with van der Waals surface area (Å²) < 4.78 is 0. The molecule has 1 aromatic heterocycles. The molecule has 12 nitrogen and oxygen atoms in total. The van der Waals surface area contributed by atoms with Crippen LogP contribution in [0.4, 0.5) is 5.69 Å². The molecule has 2 atom stereocenters. The highest BCUT2D eigenvalue weighted by Gasteiger charge is 2.40. The normalized spacial score (nSPS) is 18.2. The molecule has 2 unspecified atom stereocenters. The molecular formula is C41H44N6O6. The molecule has 2 fully saturated rings. The van der Waals surface area contributed by atoms with Crippen LogP contribution in [-0.2, 0) is 20.9 Å². The van der Waals surface area contributed by atoms with Crippen LogP contribution in [0.25, 0.3) is 10.9 Å². The summed E-state index contributed by atoms with van der Waals surface area (Å²) in [5.74, 6) is -0.890. The zero-order valence-corrected chi connectivity index (χ0v) is 30.0. The first-order chi connectivity index (χ1) is 25.6. The minimum atomic E-state index is -0.686. The molecule has 7 rings (SSSR count). The molecule has 4 heterocycles. The maximum atomic E-state index is 13.9. The lowest BCUT2D eigenvalue weighted by molar-refractivity contribution is -0.137. The van der Waals surface area contributed by atoms with E-state index in [1.807, 2.05) is 61.2 Å². The molecule has 0 radical (unpaired) electrons. The zero-order chi connectivity index (χ0) is 37.2. The Morgan fingerprint density at radius 1 is 1.02 bits per heavy atom. The van der Waals surface area contributed by atoms with Crippen molar-refractivity contribution in [3.63, 3.8) is 0 Å². The molecule has 4 aromatic rings. The SMILES string of the molecule is CCCC(=O)NC(c1cccc(C(=O)N2CCC(CNc3cccc4c3CN(C3CCC(=O)NC3=O)C4=O)CC2)c1)c1cc(C)c2cccnc2c1O. The number of aromatic nitrogens is 1. The number of likely N-dealkylation sites (tertiary alicyclic amines) is 1. The van der Waals surface area contributed by atoms with Crippen LogP contribution in [0, 0.1) is 12.8 Å². The van der Waals surface area contributed by atoms with Crippen molar-refractivity contribution >= 4 is 46.1 Å². The molecule has 0 aliphatic carbocycles. The monoisotopic (exact) mass is 716 g/mol. The van der Waals surface area contributed by atoms with Gasteiger partial charge in [0.15, 0.2) is 0 Å². The predicted octanol–water partition coefficient (Wildman–Crippen LogP) is 4.98. The Bertz CT molecular complexity index is 2110. The number of rotatable bonds is 10. The van der Waals surface area contributed by atoms with Gasteiger partial charge >= 0.3 is 0 Å². The molecule has 0 saturated carbocycles. The number of carbonyl (C=O) groups excluding carboxylic acids is 5. The van der Waals surface area contributed by atoms with Crippen molar-refractivity contribution in [1.82, 2.24) is 25.4 Å². The van der Waals surface area contributed by atoms with Crippen molar-refractivity contribution < 1.29 is 29.1 Å². The summed E-state index contributed by atoms with van der Waals surface area (Å²) in [7, 11) is 0. The van der Waals surface area contributed by atoms with Crippen LogP contribution in [0.15, 0.2) is 66.9 Å². The largest absolute Gasteiger partial charge is 0.505 e. The van der Waals surface area contributed by atoms with E-state index >= 15 is 0 Å². The second-order valence-corrected chi connectivity index (χ2v) is 14.3. The van der Waals surface area contributed by atoms with Crippen LogP contribution in [0.2, 0.25) is 0 Å². The van der Waals surface area contributed by atoms with Crippen LogP contribution < -0.4 is 16.0 Å². The summed E-state index contributed by atoms with van der Waals surface area (Å²) >= 11 is 0. The topological polar surface area (TPSA) is 161 Å². The summed E-state index contributed by atoms with van der Waals surface area (Å²) in [5, 5.41) is 21.2. The number of benzene rings is 3. The number of carbonyl (C=O) groups is 5. The van der Waals surface area contributed by atoms with E-state index in [0.717, 1.165) is 35.0 Å². The summed E-state index contributed by atoms with van der Waals surface area (Å²) in [6, 6.07) is 17.1. The summed E-state index contributed by atoms with van der Waals surface area (Å²) in [6.45, 7) is 6.01. The lowest BCUT2D eigenvalue weighted by Crippen LogP contribution is -2.52. The first kappa shape index (κ1) is 35.6. The standard InChI is InChI=1S/C41H44N6O6/c1-3-7-34(48)44-36(30-20-24(2)28-11-6-17-42-37(28)38(30)50)26-8-4-9-27(21-26)40(52)46-18-15-25(16-19-46)22-43-32-12-5-10-29-31(32)23-47(41(29)53)33-13-14-35(49)45-39(33)51/h4-6,8-12,17,20-21,25,33,36,43,50H,3,7,13-16,18-19,22-23H2,1-2H3,(H,44,48)(H,45,49,51). The minimum absolute atomic E-state index is 0.000826. The van der Waals surface area contributed by atoms with E-state index < -0.39 is 18.0 Å². The minimum Gasteiger partial charge on any atom is -0.505 e. The Hall–Kier alpha value is -5.78. The van der Waals surface area contributed by atoms with Gasteiger partial charge in [-0.1, -0.05) is 31.2 Å². The number of hydrogen-bond acceptors (Lipinski definition) is 8. The lowest BCUT2D eigenvalue weighted by Gasteiger charge is -2.32. The number of phenols is 1. The van der Waals surface area contributed by atoms with Gasteiger partial charge in [0, 0.05) is 78.5 Å². The van der Waals surface area contributed by atoms with E-state index in [-0.39, 0.29) is 35.8 Å². The number of nitrogens with zero attached hydrogens (tertiary/aromatic N) is 3. The van der Waals surface area contributed by atoms with Gasteiger partial charge in [0.05, 0.1) is 6.04 Å². The number of imide groups is 1. The van der Waals surface area contributed by atoms with Gasteiger partial charge in [-0.25, -0.2) is 0 Å². The van der Waals surface area contributed by atoms with Crippen molar-refractivity contribution in [1.29, 1.82) is 0 Å². The summed E-state index contributed by atoms with van der Waals surface area (Å²) in [6.07, 6.45) is 4.74. The number of piperidine rings is 2. The number of aromatic hydroxyl groups is 1. The van der Waals surface area contributed by atoms with Crippen LogP contribution in [0.5, 0.6) is 5.75 Å². The first-order valence-corrected chi connectivity index (χ1v) is 18.4. The molecule has 0 spiro atoms. The second kappa shape index (κ2) is 15.1. The second-order valence-electron chi connectivity index (χ2n) is 14.3. The van der Waals surface area contributed by atoms with Gasteiger partial charge < -0.3 is 25.5 Å². The first-order valence-electron chi connectivity index (χ1n) is 18.4. The smallest absolute Gasteiger partial charge is 0.255 e. The van der Waals surface area contributed by atoms with E-state index in [1.165, 1.54) is 0 Å². The third kappa shape index (κ3) is 7.18. The van der Waals surface area contributed by atoms with E-state index in [0.29, 0.717) is 79.1 Å². The Morgan fingerprint density at radius 3 is 2.58 bits per heavy atom. The molecule has 3 aromatic carbocycles. The quantitative estimate of drug-likeness (QED) is 0.167. The Balaban J connectivity index is 1.01. The van der Waals surface area contributed by atoms with Crippen molar-refractivity contribution in [2.24, 2.45) is 5.92 Å². The van der Waals surface area contributed by atoms with Crippen LogP contribution in [-0.4, -0.2) is 75.1 Å². The third-order valence-corrected chi connectivity index (χ3v) is 10.7. The summed E-state index contributed by atoms with van der Waals surface area (Å²) in [5.41, 5.74) is 5.36. The maximum Gasteiger partial charge on any atom is 0.255 e. The van der Waals surface area contributed by atoms with E-state index in [4.69, 9.17) is 0 Å². The van der Waals surface area contributed by atoms with Gasteiger partial charge in [-0.3, -0.25) is 34.3 Å². The fourth-order valence-electron chi connectivity index (χ4n) is 7.83. The number of pyridine rings is 1. The van der Waals surface area contributed by atoms with Crippen molar-refractivity contribution in [3.05, 3.63) is 100 Å². The number of fused-ring (bicyclic) bond motifs is 2. The Labute approximate surface area is 307 Å². The number of anilines is 1. The van der Waals surface area contributed by atoms with Gasteiger partial charge in [0.2, 0.25) is 17.7 Å². The molecular weight excluding hydrogens is 672 g/mol. The van der Waals surface area contributed by atoms with Crippen molar-refractivity contribution in [2.45, 2.75) is 71.0 Å². The van der Waals surface area contributed by atoms with Gasteiger partial charge in [-0.15, -0.1) is 0 Å². The van der Waals surface area contributed by atoms with Crippen molar-refractivity contribution in [2.75, 3.05) is 25.0 Å². The Morgan fingerprint density at radius 2 is 1.81 bits per heavy atom. The highest BCUT2D eigenvalue weighted by atomic mass is 16.3. The molecule has 12 heteroatoms. The van der Waals surface area contributed by atoms with E-state index in [2.05, 4.69) is 20.9 Å². The number of nitrogens with one attached hydrogen (secondary N) is 3. The maximum absolute atomic E-state index is 13.9. The highest BCUT2D eigenvalue weighted by Crippen LogP contribution is 2.37. The molecule has 4 N–H and O–H groups in total. The van der Waals surface area contributed by atoms with Crippen molar-refractivity contribution in [3.8, 4) is 5.75 Å². The number of phenolic OH excluding ortho intramolecular Hbond substituents is 1. The van der Waals surface area contributed by atoms with E-state index in [9.17, 15) is 29.1 Å². The molecule has 5 amide bonds. The number of amides is 5. The fraction of sp³-hybridized carbons (Fsp3) is 0.366. The Kier molecular flexibility index (Phi) is 10.1. The molecule has 274 valence electrons. The van der Waals surface area contributed by atoms with Gasteiger partial charge in [0.25, 0.3) is 11.8 Å². The van der Waals surface area contributed by atoms with Crippen LogP contribution in [0.1, 0.15) is 94.5 Å². The molecule has 3 aliphatic rings.